The van der Waals surface area contributed by atoms with E-state index in [0.29, 0.717) is 30.7 Å². The molecule has 0 radical (unpaired) electrons. The molecule has 21 heavy (non-hydrogen) atoms. The van der Waals surface area contributed by atoms with E-state index in [0.717, 1.165) is 6.42 Å². The average Bonchev–Trinajstić information content (AvgIpc) is 2.90. The zero-order chi connectivity index (χ0) is 15.7. The van der Waals surface area contributed by atoms with Gasteiger partial charge in [0.1, 0.15) is 11.4 Å². The van der Waals surface area contributed by atoms with Gasteiger partial charge in [-0.2, -0.15) is 17.4 Å². The van der Waals surface area contributed by atoms with Crippen LogP contribution in [0.5, 0.6) is 0 Å². The van der Waals surface area contributed by atoms with Gasteiger partial charge in [0.15, 0.2) is 0 Å². The minimum Gasteiger partial charge on any atom is -0.466 e. The second kappa shape index (κ2) is 6.08. The summed E-state index contributed by atoms with van der Waals surface area (Å²) in [5.74, 6) is 1.03. The van der Waals surface area contributed by atoms with Crippen LogP contribution in [0.4, 0.5) is 0 Å². The first kappa shape index (κ1) is 16.5. The van der Waals surface area contributed by atoms with Gasteiger partial charge in [-0.05, 0) is 37.3 Å². The number of aliphatic hydroxyl groups is 1. The lowest BCUT2D eigenvalue weighted by Crippen LogP contribution is -2.50. The molecule has 7 heteroatoms. The van der Waals surface area contributed by atoms with Crippen LogP contribution in [0, 0.1) is 11.8 Å². The summed E-state index contributed by atoms with van der Waals surface area (Å²) in [5.41, 5.74) is -1.37. The molecule has 1 aromatic rings. The molecular weight excluding hydrogens is 292 g/mol. The topological polar surface area (TPSA) is 82.8 Å². The highest BCUT2D eigenvalue weighted by Crippen LogP contribution is 2.24. The minimum absolute atomic E-state index is 0.123. The molecule has 0 spiro atoms. The molecular formula is C14H24N2O4S. The fraction of sp³-hybridized carbons (Fsp3) is 0.714. The highest BCUT2D eigenvalue weighted by Gasteiger charge is 2.33. The summed E-state index contributed by atoms with van der Waals surface area (Å²) in [4.78, 5) is 0. The Morgan fingerprint density at radius 1 is 1.43 bits per heavy atom. The molecule has 2 N–H and O–H groups in total. The fourth-order valence-corrected chi connectivity index (χ4v) is 4.34. The summed E-state index contributed by atoms with van der Waals surface area (Å²) in [6.45, 7) is 6.54. The molecule has 1 fully saturated rings. The van der Waals surface area contributed by atoms with Gasteiger partial charge in [-0.25, -0.2) is 0 Å². The lowest BCUT2D eigenvalue weighted by Gasteiger charge is -2.34. The van der Waals surface area contributed by atoms with Crippen molar-refractivity contribution in [3.63, 3.8) is 0 Å². The SMILES string of the molecule is C[C@@H]1C[C@H](C)CN(S(=O)(=O)NC[C@](C)(O)c2ccco2)C1. The smallest absolute Gasteiger partial charge is 0.279 e. The highest BCUT2D eigenvalue weighted by molar-refractivity contribution is 7.87. The van der Waals surface area contributed by atoms with Crippen molar-refractivity contribution in [2.75, 3.05) is 19.6 Å². The largest absolute Gasteiger partial charge is 0.466 e. The second-order valence-electron chi connectivity index (χ2n) is 6.34. The van der Waals surface area contributed by atoms with Crippen molar-refractivity contribution >= 4 is 10.2 Å². The maximum Gasteiger partial charge on any atom is 0.279 e. The third-order valence-corrected chi connectivity index (χ3v) is 5.31. The van der Waals surface area contributed by atoms with E-state index < -0.39 is 15.8 Å². The Morgan fingerprint density at radius 3 is 2.57 bits per heavy atom. The second-order valence-corrected chi connectivity index (χ2v) is 8.10. The van der Waals surface area contributed by atoms with E-state index in [9.17, 15) is 13.5 Å². The van der Waals surface area contributed by atoms with E-state index >= 15 is 0 Å². The van der Waals surface area contributed by atoms with Crippen LogP contribution in [0.2, 0.25) is 0 Å². The molecule has 2 heterocycles. The van der Waals surface area contributed by atoms with Crippen LogP contribution in [0.25, 0.3) is 0 Å². The van der Waals surface area contributed by atoms with Crippen molar-refractivity contribution in [3.05, 3.63) is 24.2 Å². The van der Waals surface area contributed by atoms with Crippen molar-refractivity contribution < 1.29 is 17.9 Å². The molecule has 2 rings (SSSR count). The van der Waals surface area contributed by atoms with Crippen LogP contribution >= 0.6 is 0 Å². The van der Waals surface area contributed by atoms with Gasteiger partial charge in [-0.3, -0.25) is 0 Å². The Balaban J connectivity index is 2.01. The summed E-state index contributed by atoms with van der Waals surface area (Å²) in [6, 6.07) is 3.28. The van der Waals surface area contributed by atoms with Crippen LogP contribution < -0.4 is 4.72 Å². The van der Waals surface area contributed by atoms with E-state index in [1.807, 2.05) is 0 Å². The zero-order valence-electron chi connectivity index (χ0n) is 12.7. The molecule has 120 valence electrons. The Kier molecular flexibility index (Phi) is 4.77. The highest BCUT2D eigenvalue weighted by atomic mass is 32.2. The number of hydrogen-bond acceptors (Lipinski definition) is 4. The number of piperidine rings is 1. The minimum atomic E-state index is -3.59. The molecule has 0 amide bonds. The molecule has 0 unspecified atom stereocenters. The molecule has 1 aromatic heterocycles. The predicted octanol–water partition coefficient (Wildman–Crippen LogP) is 1.30. The van der Waals surface area contributed by atoms with Crippen LogP contribution in [-0.2, 0) is 15.8 Å². The molecule has 0 aliphatic carbocycles. The molecule has 1 aliphatic heterocycles. The summed E-state index contributed by atoms with van der Waals surface area (Å²) >= 11 is 0. The fourth-order valence-electron chi connectivity index (χ4n) is 2.80. The monoisotopic (exact) mass is 316 g/mol. The molecule has 0 saturated carbocycles. The Bertz CT molecular complexity index is 544. The van der Waals surface area contributed by atoms with Gasteiger partial charge < -0.3 is 9.52 Å². The van der Waals surface area contributed by atoms with E-state index in [4.69, 9.17) is 4.42 Å². The standard InChI is InChI=1S/C14H24N2O4S/c1-11-7-12(2)9-16(8-11)21(18,19)15-10-14(3,17)13-5-4-6-20-13/h4-6,11-12,15,17H,7-10H2,1-3H3/t11-,12+,14-/m0/s1. The van der Waals surface area contributed by atoms with Gasteiger partial charge in [0.05, 0.1) is 6.26 Å². The van der Waals surface area contributed by atoms with E-state index in [2.05, 4.69) is 18.6 Å². The van der Waals surface area contributed by atoms with Crippen molar-refractivity contribution in [1.82, 2.24) is 9.03 Å². The van der Waals surface area contributed by atoms with Crippen LogP contribution in [0.15, 0.2) is 22.8 Å². The van der Waals surface area contributed by atoms with E-state index in [-0.39, 0.29) is 6.54 Å². The van der Waals surface area contributed by atoms with E-state index in [1.54, 1.807) is 12.1 Å². The third kappa shape index (κ3) is 4.06. The first-order valence-electron chi connectivity index (χ1n) is 7.22. The quantitative estimate of drug-likeness (QED) is 0.858. The van der Waals surface area contributed by atoms with Gasteiger partial charge in [-0.15, -0.1) is 0 Å². The van der Waals surface area contributed by atoms with Gasteiger partial charge in [0.25, 0.3) is 10.2 Å². The van der Waals surface area contributed by atoms with Crippen molar-refractivity contribution in [2.24, 2.45) is 11.8 Å². The van der Waals surface area contributed by atoms with Crippen molar-refractivity contribution in [1.29, 1.82) is 0 Å². The molecule has 3 atom stereocenters. The Labute approximate surface area is 126 Å². The normalized spacial score (nSPS) is 27.4. The van der Waals surface area contributed by atoms with E-state index in [1.165, 1.54) is 17.5 Å². The van der Waals surface area contributed by atoms with Crippen molar-refractivity contribution in [2.45, 2.75) is 32.8 Å². The van der Waals surface area contributed by atoms with Gasteiger partial charge in [0.2, 0.25) is 0 Å². The van der Waals surface area contributed by atoms with Crippen LogP contribution in [-0.4, -0.2) is 37.5 Å². The summed E-state index contributed by atoms with van der Waals surface area (Å²) < 4.78 is 33.8. The summed E-state index contributed by atoms with van der Waals surface area (Å²) in [5, 5.41) is 10.3. The van der Waals surface area contributed by atoms with Gasteiger partial charge in [-0.1, -0.05) is 13.8 Å². The number of furan rings is 1. The first-order chi connectivity index (χ1) is 9.71. The Morgan fingerprint density at radius 2 is 2.05 bits per heavy atom. The van der Waals surface area contributed by atoms with Crippen LogP contribution in [0.1, 0.15) is 33.0 Å². The number of nitrogens with one attached hydrogen (secondary N) is 1. The van der Waals surface area contributed by atoms with Crippen molar-refractivity contribution in [3.8, 4) is 0 Å². The third-order valence-electron chi connectivity index (χ3n) is 3.83. The zero-order valence-corrected chi connectivity index (χ0v) is 13.6. The molecule has 1 saturated heterocycles. The molecule has 6 nitrogen and oxygen atoms in total. The first-order valence-corrected chi connectivity index (χ1v) is 8.66. The van der Waals surface area contributed by atoms with Gasteiger partial charge >= 0.3 is 0 Å². The molecule has 0 bridgehead atoms. The summed E-state index contributed by atoms with van der Waals surface area (Å²) in [6.07, 6.45) is 2.49. The Hall–Kier alpha value is -0.890. The average molecular weight is 316 g/mol. The summed E-state index contributed by atoms with van der Waals surface area (Å²) in [7, 11) is -3.59. The number of hydrogen-bond donors (Lipinski definition) is 2. The maximum atomic E-state index is 12.4. The molecule has 1 aliphatic rings. The number of nitrogens with zero attached hydrogens (tertiary/aromatic N) is 1. The van der Waals surface area contributed by atoms with Crippen LogP contribution in [0.3, 0.4) is 0 Å². The predicted molar refractivity (Wildman–Crippen MR) is 79.7 cm³/mol. The lowest BCUT2D eigenvalue weighted by atomic mass is 9.94. The number of rotatable bonds is 5. The molecule has 0 aromatic carbocycles. The van der Waals surface area contributed by atoms with Gasteiger partial charge in [0, 0.05) is 19.6 Å². The lowest BCUT2D eigenvalue weighted by molar-refractivity contribution is 0.0390. The maximum absolute atomic E-state index is 12.4.